The fraction of sp³-hybridized carbons (Fsp3) is 0.361. The number of fused-ring (bicyclic) bond motifs is 1. The molecule has 0 aliphatic carbocycles. The molecule has 11 heteroatoms. The Labute approximate surface area is 281 Å². The highest BCUT2D eigenvalue weighted by Gasteiger charge is 2.25. The number of benzene rings is 1. The Hall–Kier alpha value is -4.19. The molecule has 5 aromatic rings. The summed E-state index contributed by atoms with van der Waals surface area (Å²) in [4.78, 5) is 33.7. The summed E-state index contributed by atoms with van der Waals surface area (Å²) in [5.41, 5.74) is 8.05. The van der Waals surface area contributed by atoms with Gasteiger partial charge < -0.3 is 18.9 Å². The van der Waals surface area contributed by atoms with Crippen LogP contribution in [0.5, 0.6) is 0 Å². The first-order valence-corrected chi connectivity index (χ1v) is 19.5. The molecule has 0 saturated heterocycles. The van der Waals surface area contributed by atoms with E-state index in [4.69, 9.17) is 29.4 Å². The smallest absolute Gasteiger partial charge is 0.410 e. The van der Waals surface area contributed by atoms with E-state index >= 15 is 0 Å². The van der Waals surface area contributed by atoms with Crippen LogP contribution in [0.4, 0.5) is 4.79 Å². The van der Waals surface area contributed by atoms with Gasteiger partial charge in [-0.3, -0.25) is 9.97 Å². The van der Waals surface area contributed by atoms with Crippen molar-refractivity contribution in [3.05, 3.63) is 77.8 Å². The average Bonchev–Trinajstić information content (AvgIpc) is 3.70. The maximum atomic E-state index is 12.5. The number of hydrogen-bond donors (Lipinski definition) is 0. The number of ether oxygens (including phenoxy) is 2. The Balaban J connectivity index is 1.25. The number of amides is 1. The molecule has 5 heterocycles. The van der Waals surface area contributed by atoms with Crippen LogP contribution in [0.1, 0.15) is 38.6 Å². The average molecular weight is 666 g/mol. The summed E-state index contributed by atoms with van der Waals surface area (Å²) in [6.07, 6.45) is 6.27. The van der Waals surface area contributed by atoms with E-state index in [1.54, 1.807) is 16.2 Å². The Bertz CT molecular complexity index is 1930. The number of imidazole rings is 1. The molecule has 1 radical (unpaired) electrons. The zero-order valence-electron chi connectivity index (χ0n) is 27.9. The van der Waals surface area contributed by atoms with Gasteiger partial charge in [0.15, 0.2) is 0 Å². The predicted molar refractivity (Wildman–Crippen MR) is 191 cm³/mol. The van der Waals surface area contributed by atoms with Gasteiger partial charge in [0, 0.05) is 62.3 Å². The predicted octanol–water partition coefficient (Wildman–Crippen LogP) is 8.34. The minimum atomic E-state index is -0.510. The Morgan fingerprint density at radius 3 is 2.62 bits per heavy atom. The number of rotatable bonds is 9. The van der Waals surface area contributed by atoms with Crippen molar-refractivity contribution >= 4 is 42.7 Å². The van der Waals surface area contributed by atoms with Crippen LogP contribution < -0.4 is 0 Å². The minimum absolute atomic E-state index is 0.279. The van der Waals surface area contributed by atoms with Crippen LogP contribution in [0.25, 0.3) is 49.7 Å². The minimum Gasteiger partial charge on any atom is -0.444 e. The molecule has 0 saturated carbocycles. The van der Waals surface area contributed by atoms with Crippen LogP contribution >= 0.6 is 11.3 Å². The fourth-order valence-electron chi connectivity index (χ4n) is 5.42. The van der Waals surface area contributed by atoms with Crippen LogP contribution in [0.2, 0.25) is 19.1 Å². The second-order valence-corrected chi connectivity index (χ2v) is 16.9. The Morgan fingerprint density at radius 1 is 1.04 bits per heavy atom. The maximum absolute atomic E-state index is 12.5. The number of carbonyl (C=O) groups is 1. The van der Waals surface area contributed by atoms with E-state index in [0.717, 1.165) is 80.2 Å². The van der Waals surface area contributed by atoms with E-state index < -0.39 is 5.60 Å². The highest BCUT2D eigenvalue weighted by atomic mass is 32.1. The lowest BCUT2D eigenvalue weighted by Crippen LogP contribution is -2.39. The summed E-state index contributed by atoms with van der Waals surface area (Å²) >= 11 is 1.60. The van der Waals surface area contributed by atoms with Crippen molar-refractivity contribution in [2.45, 2.75) is 65.6 Å². The lowest BCUT2D eigenvalue weighted by atomic mass is 10.0. The maximum Gasteiger partial charge on any atom is 0.410 e. The molecule has 1 aromatic carbocycles. The van der Waals surface area contributed by atoms with Crippen molar-refractivity contribution in [1.82, 2.24) is 29.4 Å². The van der Waals surface area contributed by atoms with Gasteiger partial charge in [0.25, 0.3) is 0 Å². The third-order valence-corrected chi connectivity index (χ3v) is 9.94. The zero-order chi connectivity index (χ0) is 33.1. The molecule has 0 N–H and O–H groups in total. The second kappa shape index (κ2) is 13.9. The van der Waals surface area contributed by atoms with Gasteiger partial charge in [0.05, 0.1) is 34.6 Å². The third kappa shape index (κ3) is 7.86. The lowest BCUT2D eigenvalue weighted by Gasteiger charge is -2.29. The molecular weight excluding hydrogens is 625 g/mol. The number of aryl methyl sites for hydroxylation is 1. The molecule has 0 fully saturated rings. The van der Waals surface area contributed by atoms with Crippen LogP contribution in [-0.2, 0) is 16.2 Å². The molecule has 0 bridgehead atoms. The molecule has 4 aromatic heterocycles. The van der Waals surface area contributed by atoms with Gasteiger partial charge >= 0.3 is 6.09 Å². The van der Waals surface area contributed by atoms with Gasteiger partial charge in [-0.15, -0.1) is 11.3 Å². The van der Waals surface area contributed by atoms with E-state index in [1.807, 2.05) is 64.5 Å². The number of hydrogen-bond acceptors (Lipinski definition) is 8. The first kappa shape index (κ1) is 32.7. The molecule has 47 heavy (non-hydrogen) atoms. The molecular formula is C36H41N6O3SSi. The molecule has 0 atom stereocenters. The van der Waals surface area contributed by atoms with E-state index in [-0.39, 0.29) is 14.9 Å². The summed E-state index contributed by atoms with van der Waals surface area (Å²) in [5.74, 6) is 0. The summed E-state index contributed by atoms with van der Waals surface area (Å²) in [6.45, 7) is 14.5. The van der Waals surface area contributed by atoms with E-state index in [2.05, 4.69) is 47.3 Å². The van der Waals surface area contributed by atoms with Crippen molar-refractivity contribution in [2.24, 2.45) is 0 Å². The molecule has 1 aliphatic heterocycles. The first-order valence-electron chi connectivity index (χ1n) is 15.9. The van der Waals surface area contributed by atoms with E-state index in [1.165, 1.54) is 0 Å². The van der Waals surface area contributed by atoms with E-state index in [0.29, 0.717) is 19.8 Å². The van der Waals surface area contributed by atoms with Gasteiger partial charge in [0.2, 0.25) is 0 Å². The molecule has 0 spiro atoms. The second-order valence-electron chi connectivity index (χ2n) is 13.1. The number of aromatic nitrogens is 5. The molecule has 1 amide bonds. The standard InChI is InChI=1S/C36H41N6O3SSi/c1-24-8-7-9-30(39-24)33-32(38-22-42(33)23-44-16-17-47(5)6)26-10-11-29-27(18-26)19-28(20-37-29)34-40-31(21-46-34)25-12-14-41(15-13-25)35(43)45-36(2,3)4/h7-12,18-22H,13-17,23H2,1-6H3. The molecule has 1 aliphatic rings. The highest BCUT2D eigenvalue weighted by Crippen LogP contribution is 2.34. The van der Waals surface area contributed by atoms with Gasteiger partial charge in [-0.25, -0.2) is 14.8 Å². The fourth-order valence-corrected chi connectivity index (χ4v) is 6.80. The van der Waals surface area contributed by atoms with Crippen LogP contribution in [0.3, 0.4) is 0 Å². The zero-order valence-corrected chi connectivity index (χ0v) is 29.7. The SMILES string of the molecule is Cc1cccc(-c2c(-c3ccc4ncc(-c5nc(C6=CCN(C(=O)OC(C)(C)C)CC6)cs5)cc4c3)ncn2COCC[Si](C)C)n1. The van der Waals surface area contributed by atoms with Crippen LogP contribution in [0.15, 0.2) is 66.4 Å². The van der Waals surface area contributed by atoms with Gasteiger partial charge in [-0.2, -0.15) is 0 Å². The summed E-state index contributed by atoms with van der Waals surface area (Å²) < 4.78 is 13.7. The van der Waals surface area contributed by atoms with Crippen molar-refractivity contribution in [3.63, 3.8) is 0 Å². The molecule has 9 nitrogen and oxygen atoms in total. The number of pyridine rings is 2. The van der Waals surface area contributed by atoms with Crippen molar-refractivity contribution in [1.29, 1.82) is 0 Å². The van der Waals surface area contributed by atoms with Crippen LogP contribution in [-0.4, -0.2) is 69.6 Å². The monoisotopic (exact) mass is 665 g/mol. The lowest BCUT2D eigenvalue weighted by molar-refractivity contribution is 0.0270. The largest absolute Gasteiger partial charge is 0.444 e. The summed E-state index contributed by atoms with van der Waals surface area (Å²) in [6, 6.07) is 15.6. The van der Waals surface area contributed by atoms with Gasteiger partial charge in [-0.1, -0.05) is 31.3 Å². The Morgan fingerprint density at radius 2 is 1.87 bits per heavy atom. The normalized spacial score (nSPS) is 13.8. The van der Waals surface area contributed by atoms with Crippen molar-refractivity contribution < 1.29 is 14.3 Å². The molecule has 243 valence electrons. The van der Waals surface area contributed by atoms with Crippen molar-refractivity contribution in [3.8, 4) is 33.2 Å². The third-order valence-electron chi connectivity index (χ3n) is 7.84. The molecule has 6 rings (SSSR count). The molecule has 0 unspecified atom stereocenters. The topological polar surface area (TPSA) is 95.3 Å². The summed E-state index contributed by atoms with van der Waals surface area (Å²) in [5, 5.41) is 4.00. The Kier molecular flexibility index (Phi) is 9.67. The van der Waals surface area contributed by atoms with E-state index in [9.17, 15) is 4.79 Å². The quantitative estimate of drug-likeness (QED) is 0.115. The van der Waals surface area contributed by atoms with Crippen molar-refractivity contribution in [2.75, 3.05) is 19.7 Å². The van der Waals surface area contributed by atoms with Gasteiger partial charge in [0.1, 0.15) is 17.3 Å². The number of carbonyl (C=O) groups excluding carboxylic acids is 1. The number of thiazole rings is 1. The highest BCUT2D eigenvalue weighted by molar-refractivity contribution is 7.13. The summed E-state index contributed by atoms with van der Waals surface area (Å²) in [7, 11) is -0.343. The van der Waals surface area contributed by atoms with Gasteiger partial charge in [-0.05, 0) is 76.1 Å². The first-order chi connectivity index (χ1) is 22.5. The van der Waals surface area contributed by atoms with Crippen LogP contribution in [0, 0.1) is 6.92 Å². The number of nitrogens with zero attached hydrogens (tertiary/aromatic N) is 6.